The number of hydrogen-bond donors (Lipinski definition) is 2. The normalized spacial score (nSPS) is 11.7. The summed E-state index contributed by atoms with van der Waals surface area (Å²) in [6.07, 6.45) is 0. The number of carbonyl (C=O) groups is 2. The second-order valence-corrected chi connectivity index (χ2v) is 4.52. The quantitative estimate of drug-likeness (QED) is 0.649. The molecule has 0 bridgehead atoms. The molecule has 0 aliphatic rings. The topological polar surface area (TPSA) is 76.7 Å². The maximum atomic E-state index is 12.1. The maximum Gasteiger partial charge on any atom is 0.245 e. The summed E-state index contributed by atoms with van der Waals surface area (Å²) in [4.78, 5) is 23.2. The summed E-state index contributed by atoms with van der Waals surface area (Å²) in [7, 11) is 1.57. The minimum absolute atomic E-state index is 0.115. The van der Waals surface area contributed by atoms with Crippen molar-refractivity contribution in [2.24, 2.45) is 0 Å². The minimum atomic E-state index is -0.705. The van der Waals surface area contributed by atoms with E-state index in [0.717, 1.165) is 5.56 Å². The third kappa shape index (κ3) is 7.43. The molecule has 1 aromatic rings. The molecule has 1 aromatic carbocycles. The molecule has 0 aliphatic carbocycles. The van der Waals surface area contributed by atoms with E-state index in [4.69, 9.17) is 9.47 Å². The second kappa shape index (κ2) is 9.90. The average Bonchev–Trinajstić information content (AvgIpc) is 2.48. The lowest BCUT2D eigenvalue weighted by Gasteiger charge is -2.17. The fourth-order valence-electron chi connectivity index (χ4n) is 1.68. The number of benzene rings is 1. The summed E-state index contributed by atoms with van der Waals surface area (Å²) in [5.74, 6) is -0.545. The van der Waals surface area contributed by atoms with Gasteiger partial charge in [-0.2, -0.15) is 0 Å². The molecule has 0 saturated heterocycles. The number of methoxy groups -OCH3 is 1. The molecule has 1 rings (SSSR count). The molecular formula is C15H22N2O4. The van der Waals surface area contributed by atoms with E-state index in [-0.39, 0.29) is 18.4 Å². The summed E-state index contributed by atoms with van der Waals surface area (Å²) >= 11 is 0. The van der Waals surface area contributed by atoms with Crippen LogP contribution in [0.2, 0.25) is 0 Å². The molecule has 2 N–H and O–H groups in total. The SMILES string of the molecule is COCCOC[C@@H](NC(C)=O)C(=O)NCc1ccccc1. The van der Waals surface area contributed by atoms with Crippen molar-refractivity contribution in [2.45, 2.75) is 19.5 Å². The Labute approximate surface area is 124 Å². The van der Waals surface area contributed by atoms with Crippen molar-refractivity contribution in [3.8, 4) is 0 Å². The smallest absolute Gasteiger partial charge is 0.245 e. The van der Waals surface area contributed by atoms with Gasteiger partial charge < -0.3 is 20.1 Å². The van der Waals surface area contributed by atoms with E-state index >= 15 is 0 Å². The number of carbonyl (C=O) groups excluding carboxylic acids is 2. The van der Waals surface area contributed by atoms with Gasteiger partial charge in [0.1, 0.15) is 6.04 Å². The second-order valence-electron chi connectivity index (χ2n) is 4.52. The molecule has 0 unspecified atom stereocenters. The van der Waals surface area contributed by atoms with Crippen LogP contribution in [0.15, 0.2) is 30.3 Å². The first kappa shape index (κ1) is 17.1. The summed E-state index contributed by atoms with van der Waals surface area (Å²) < 4.78 is 10.2. The molecule has 0 aliphatic heterocycles. The first-order valence-corrected chi connectivity index (χ1v) is 6.79. The average molecular weight is 294 g/mol. The van der Waals surface area contributed by atoms with Gasteiger partial charge in [-0.15, -0.1) is 0 Å². The number of hydrogen-bond acceptors (Lipinski definition) is 4. The molecule has 1 atom stereocenters. The fourth-order valence-corrected chi connectivity index (χ4v) is 1.68. The molecular weight excluding hydrogens is 272 g/mol. The van der Waals surface area contributed by atoms with Gasteiger partial charge in [-0.25, -0.2) is 0 Å². The summed E-state index contributed by atoms with van der Waals surface area (Å²) in [5, 5.41) is 5.36. The van der Waals surface area contributed by atoms with Crippen LogP contribution in [-0.2, 0) is 25.6 Å². The zero-order valence-corrected chi connectivity index (χ0v) is 12.4. The van der Waals surface area contributed by atoms with Crippen molar-refractivity contribution in [1.29, 1.82) is 0 Å². The van der Waals surface area contributed by atoms with Crippen LogP contribution in [0.3, 0.4) is 0 Å². The highest BCUT2D eigenvalue weighted by Crippen LogP contribution is 1.98. The van der Waals surface area contributed by atoms with E-state index in [1.54, 1.807) is 7.11 Å². The zero-order valence-electron chi connectivity index (χ0n) is 12.4. The molecule has 21 heavy (non-hydrogen) atoms. The van der Waals surface area contributed by atoms with Crippen molar-refractivity contribution in [3.63, 3.8) is 0 Å². The first-order chi connectivity index (χ1) is 10.1. The molecule has 0 saturated carbocycles. The third-order valence-corrected chi connectivity index (χ3v) is 2.72. The monoisotopic (exact) mass is 294 g/mol. The van der Waals surface area contributed by atoms with E-state index < -0.39 is 6.04 Å². The Morgan fingerprint density at radius 3 is 2.52 bits per heavy atom. The van der Waals surface area contributed by atoms with E-state index in [1.807, 2.05) is 30.3 Å². The van der Waals surface area contributed by atoms with Gasteiger partial charge in [-0.1, -0.05) is 30.3 Å². The van der Waals surface area contributed by atoms with Gasteiger partial charge in [0.15, 0.2) is 0 Å². The summed E-state index contributed by atoms with van der Waals surface area (Å²) in [5.41, 5.74) is 0.993. The first-order valence-electron chi connectivity index (χ1n) is 6.79. The predicted molar refractivity (Wildman–Crippen MR) is 78.6 cm³/mol. The Kier molecular flexibility index (Phi) is 8.08. The third-order valence-electron chi connectivity index (χ3n) is 2.72. The van der Waals surface area contributed by atoms with Crippen molar-refractivity contribution in [2.75, 3.05) is 26.9 Å². The molecule has 116 valence electrons. The Hall–Kier alpha value is -1.92. The maximum absolute atomic E-state index is 12.1. The number of ether oxygens (including phenoxy) is 2. The molecule has 2 amide bonds. The molecule has 0 radical (unpaired) electrons. The van der Waals surface area contributed by atoms with Gasteiger partial charge in [0.25, 0.3) is 0 Å². The largest absolute Gasteiger partial charge is 0.382 e. The fraction of sp³-hybridized carbons (Fsp3) is 0.467. The Morgan fingerprint density at radius 1 is 1.19 bits per heavy atom. The number of rotatable bonds is 9. The summed E-state index contributed by atoms with van der Waals surface area (Å²) in [6.45, 7) is 2.71. The van der Waals surface area contributed by atoms with Crippen LogP contribution in [0.4, 0.5) is 0 Å². The van der Waals surface area contributed by atoms with Gasteiger partial charge in [0.2, 0.25) is 11.8 Å². The van der Waals surface area contributed by atoms with Gasteiger partial charge in [-0.3, -0.25) is 9.59 Å². The highest BCUT2D eigenvalue weighted by molar-refractivity contribution is 5.86. The standard InChI is InChI=1S/C15H22N2O4/c1-12(18)17-14(11-21-9-8-20-2)15(19)16-10-13-6-4-3-5-7-13/h3-7,14H,8-11H2,1-2H3,(H,16,19)(H,17,18)/t14-/m1/s1. The van der Waals surface area contributed by atoms with Crippen LogP contribution in [0, 0.1) is 0 Å². The molecule has 0 aromatic heterocycles. The van der Waals surface area contributed by atoms with Gasteiger partial charge in [0.05, 0.1) is 19.8 Å². The van der Waals surface area contributed by atoms with Crippen molar-refractivity contribution in [3.05, 3.63) is 35.9 Å². The Bertz CT molecular complexity index is 437. The molecule has 0 fully saturated rings. The van der Waals surface area contributed by atoms with Gasteiger partial charge in [0, 0.05) is 20.6 Å². The van der Waals surface area contributed by atoms with Gasteiger partial charge >= 0.3 is 0 Å². The van der Waals surface area contributed by atoms with E-state index in [9.17, 15) is 9.59 Å². The minimum Gasteiger partial charge on any atom is -0.382 e. The van der Waals surface area contributed by atoms with Crippen molar-refractivity contribution < 1.29 is 19.1 Å². The molecule has 0 spiro atoms. The van der Waals surface area contributed by atoms with E-state index in [0.29, 0.717) is 19.8 Å². The van der Waals surface area contributed by atoms with Crippen molar-refractivity contribution in [1.82, 2.24) is 10.6 Å². The predicted octanol–water partition coefficient (Wildman–Crippen LogP) is 0.471. The van der Waals surface area contributed by atoms with E-state index in [2.05, 4.69) is 10.6 Å². The molecule has 0 heterocycles. The van der Waals surface area contributed by atoms with Crippen molar-refractivity contribution >= 4 is 11.8 Å². The van der Waals surface area contributed by atoms with Crippen LogP contribution in [-0.4, -0.2) is 44.8 Å². The number of nitrogens with one attached hydrogen (secondary N) is 2. The zero-order chi connectivity index (χ0) is 15.5. The van der Waals surface area contributed by atoms with Crippen LogP contribution in [0.5, 0.6) is 0 Å². The highest BCUT2D eigenvalue weighted by atomic mass is 16.5. The van der Waals surface area contributed by atoms with Crippen LogP contribution in [0.25, 0.3) is 0 Å². The molecule has 6 heteroatoms. The number of amides is 2. The Balaban J connectivity index is 2.44. The molecule has 6 nitrogen and oxygen atoms in total. The lowest BCUT2D eigenvalue weighted by atomic mass is 10.2. The van der Waals surface area contributed by atoms with Crippen LogP contribution >= 0.6 is 0 Å². The lowest BCUT2D eigenvalue weighted by molar-refractivity contribution is -0.130. The lowest BCUT2D eigenvalue weighted by Crippen LogP contribution is -2.48. The van der Waals surface area contributed by atoms with E-state index in [1.165, 1.54) is 6.92 Å². The highest BCUT2D eigenvalue weighted by Gasteiger charge is 2.19. The van der Waals surface area contributed by atoms with Crippen LogP contribution < -0.4 is 10.6 Å². The Morgan fingerprint density at radius 2 is 1.90 bits per heavy atom. The summed E-state index contributed by atoms with van der Waals surface area (Å²) in [6, 6.07) is 8.85. The van der Waals surface area contributed by atoms with Crippen LogP contribution in [0.1, 0.15) is 12.5 Å². The van der Waals surface area contributed by atoms with Gasteiger partial charge in [-0.05, 0) is 5.56 Å².